The fourth-order valence-electron chi connectivity index (χ4n) is 2.07. The smallest absolute Gasteiger partial charge is 0.162 e. The highest BCUT2D eigenvalue weighted by Crippen LogP contribution is 2.41. The summed E-state index contributed by atoms with van der Waals surface area (Å²) in [6.07, 6.45) is 1.64. The molecule has 2 rings (SSSR count). The Hall–Kier alpha value is -1.13. The molecular formula is C16H18BrClO3. The van der Waals surface area contributed by atoms with Crippen molar-refractivity contribution in [2.45, 2.75) is 26.1 Å². The summed E-state index contributed by atoms with van der Waals surface area (Å²) >= 11 is 10.1. The Labute approximate surface area is 138 Å². The first-order valence-corrected chi connectivity index (χ1v) is 8.08. The van der Waals surface area contributed by atoms with Gasteiger partial charge in [0.25, 0.3) is 0 Å². The first-order valence-electron chi connectivity index (χ1n) is 6.85. The van der Waals surface area contributed by atoms with E-state index in [0.29, 0.717) is 24.7 Å². The minimum Gasteiger partial charge on any atom is -0.490 e. The molecular weight excluding hydrogens is 356 g/mol. The lowest BCUT2D eigenvalue weighted by Gasteiger charge is -2.16. The van der Waals surface area contributed by atoms with Crippen LogP contribution in [0.2, 0.25) is 0 Å². The van der Waals surface area contributed by atoms with E-state index in [1.54, 1.807) is 6.26 Å². The molecule has 0 bridgehead atoms. The molecule has 1 atom stereocenters. The lowest BCUT2D eigenvalue weighted by molar-refractivity contribution is 0.287. The van der Waals surface area contributed by atoms with Gasteiger partial charge in [-0.05, 0) is 50.1 Å². The van der Waals surface area contributed by atoms with Gasteiger partial charge in [-0.25, -0.2) is 0 Å². The molecule has 0 amide bonds. The van der Waals surface area contributed by atoms with Crippen LogP contribution in [0.4, 0.5) is 0 Å². The van der Waals surface area contributed by atoms with Gasteiger partial charge in [0.2, 0.25) is 0 Å². The Bertz CT molecular complexity index is 610. The zero-order valence-corrected chi connectivity index (χ0v) is 14.6. The molecule has 2 aromatic rings. The maximum Gasteiger partial charge on any atom is 0.162 e. The predicted octanol–water partition coefficient (Wildman–Crippen LogP) is 5.48. The van der Waals surface area contributed by atoms with Crippen molar-refractivity contribution >= 4 is 27.5 Å². The van der Waals surface area contributed by atoms with Gasteiger partial charge in [-0.15, -0.1) is 11.6 Å². The second-order valence-corrected chi connectivity index (χ2v) is 5.81. The minimum atomic E-state index is -0.385. The van der Waals surface area contributed by atoms with Crippen molar-refractivity contribution in [3.8, 4) is 11.5 Å². The number of hydrogen-bond donors (Lipinski definition) is 0. The van der Waals surface area contributed by atoms with Gasteiger partial charge in [0.1, 0.15) is 11.1 Å². The van der Waals surface area contributed by atoms with Crippen LogP contribution in [-0.4, -0.2) is 13.2 Å². The Kier molecular flexibility index (Phi) is 5.59. The second-order valence-electron chi connectivity index (χ2n) is 4.52. The molecule has 1 aromatic carbocycles. The normalized spacial score (nSPS) is 12.2. The molecule has 3 nitrogen and oxygen atoms in total. The molecule has 0 aliphatic heterocycles. The number of furan rings is 1. The molecule has 0 aliphatic rings. The Morgan fingerprint density at radius 3 is 2.33 bits per heavy atom. The minimum absolute atomic E-state index is 0.385. The van der Waals surface area contributed by atoms with Gasteiger partial charge in [-0.1, -0.05) is 15.9 Å². The lowest BCUT2D eigenvalue weighted by Crippen LogP contribution is -2.02. The van der Waals surface area contributed by atoms with E-state index in [0.717, 1.165) is 21.4 Å². The van der Waals surface area contributed by atoms with Gasteiger partial charge >= 0.3 is 0 Å². The van der Waals surface area contributed by atoms with Crippen LogP contribution >= 0.6 is 27.5 Å². The molecule has 0 aliphatic carbocycles. The number of aryl methyl sites for hydroxylation is 1. The molecule has 0 spiro atoms. The van der Waals surface area contributed by atoms with E-state index in [2.05, 4.69) is 15.9 Å². The van der Waals surface area contributed by atoms with Crippen LogP contribution in [0.1, 0.15) is 36.1 Å². The third-order valence-corrected chi connectivity index (χ3v) is 4.19. The fourth-order valence-corrected chi connectivity index (χ4v) is 3.15. The molecule has 1 unspecified atom stereocenters. The third-order valence-electron chi connectivity index (χ3n) is 3.07. The van der Waals surface area contributed by atoms with Crippen LogP contribution in [0, 0.1) is 6.92 Å². The first kappa shape index (κ1) is 16.2. The highest BCUT2D eigenvalue weighted by molar-refractivity contribution is 9.10. The van der Waals surface area contributed by atoms with Gasteiger partial charge in [-0.2, -0.15) is 0 Å². The summed E-state index contributed by atoms with van der Waals surface area (Å²) in [5.41, 5.74) is 1.91. The first-order chi connectivity index (χ1) is 10.1. The molecule has 0 fully saturated rings. The molecule has 0 saturated heterocycles. The number of hydrogen-bond acceptors (Lipinski definition) is 3. The molecule has 1 aromatic heterocycles. The third kappa shape index (κ3) is 3.55. The molecule has 0 radical (unpaired) electrons. The molecule has 0 saturated carbocycles. The molecule has 1 heterocycles. The summed E-state index contributed by atoms with van der Waals surface area (Å²) in [5, 5.41) is -0.385. The van der Waals surface area contributed by atoms with Gasteiger partial charge in [-0.3, -0.25) is 0 Å². The van der Waals surface area contributed by atoms with Crippen LogP contribution in [0.5, 0.6) is 11.5 Å². The van der Waals surface area contributed by atoms with Crippen molar-refractivity contribution in [3.63, 3.8) is 0 Å². The standard InChI is InChI=1S/C16H18BrClO3/c1-4-19-13-8-11(12(17)9-14(13)20-5-2)15(18)16-10(3)6-7-21-16/h6-9,15H,4-5H2,1-3H3. The van der Waals surface area contributed by atoms with E-state index in [-0.39, 0.29) is 5.38 Å². The largest absolute Gasteiger partial charge is 0.490 e. The Balaban J connectivity index is 2.44. The monoisotopic (exact) mass is 372 g/mol. The highest BCUT2D eigenvalue weighted by atomic mass is 79.9. The fraction of sp³-hybridized carbons (Fsp3) is 0.375. The molecule has 21 heavy (non-hydrogen) atoms. The van der Waals surface area contributed by atoms with E-state index in [4.69, 9.17) is 25.5 Å². The number of halogens is 2. The van der Waals surface area contributed by atoms with Crippen molar-refractivity contribution in [1.29, 1.82) is 0 Å². The quantitative estimate of drug-likeness (QED) is 0.629. The summed E-state index contributed by atoms with van der Waals surface area (Å²) in [6, 6.07) is 5.69. The van der Waals surface area contributed by atoms with Gasteiger partial charge in [0.05, 0.1) is 19.5 Å². The Morgan fingerprint density at radius 2 is 1.81 bits per heavy atom. The van der Waals surface area contributed by atoms with Crippen LogP contribution in [0.25, 0.3) is 0 Å². The average molecular weight is 374 g/mol. The summed E-state index contributed by atoms with van der Waals surface area (Å²) in [6.45, 7) is 6.99. The van der Waals surface area contributed by atoms with E-state index >= 15 is 0 Å². The molecule has 0 N–H and O–H groups in total. The van der Waals surface area contributed by atoms with Crippen LogP contribution in [-0.2, 0) is 0 Å². The second kappa shape index (κ2) is 7.23. The number of ether oxygens (including phenoxy) is 2. The van der Waals surface area contributed by atoms with Crippen LogP contribution < -0.4 is 9.47 Å². The van der Waals surface area contributed by atoms with Crippen LogP contribution in [0.15, 0.2) is 33.4 Å². The van der Waals surface area contributed by atoms with E-state index in [1.165, 1.54) is 0 Å². The molecule has 114 valence electrons. The lowest BCUT2D eigenvalue weighted by atomic mass is 10.1. The van der Waals surface area contributed by atoms with Crippen molar-refractivity contribution in [2.24, 2.45) is 0 Å². The maximum atomic E-state index is 6.56. The average Bonchev–Trinajstić information content (AvgIpc) is 2.87. The number of rotatable bonds is 6. The predicted molar refractivity (Wildman–Crippen MR) is 87.6 cm³/mol. The Morgan fingerprint density at radius 1 is 1.19 bits per heavy atom. The van der Waals surface area contributed by atoms with Gasteiger partial charge < -0.3 is 13.9 Å². The number of alkyl halides is 1. The van der Waals surface area contributed by atoms with E-state index in [1.807, 2.05) is 39.0 Å². The number of benzene rings is 1. The zero-order chi connectivity index (χ0) is 15.4. The highest BCUT2D eigenvalue weighted by Gasteiger charge is 2.22. The SMILES string of the molecule is CCOc1cc(Br)c(C(Cl)c2occc2C)cc1OCC. The molecule has 5 heteroatoms. The summed E-state index contributed by atoms with van der Waals surface area (Å²) in [5.74, 6) is 2.13. The van der Waals surface area contributed by atoms with Crippen molar-refractivity contribution < 1.29 is 13.9 Å². The van der Waals surface area contributed by atoms with Crippen LogP contribution in [0.3, 0.4) is 0 Å². The maximum absolute atomic E-state index is 6.56. The van der Waals surface area contributed by atoms with Gasteiger partial charge in [0.15, 0.2) is 11.5 Å². The van der Waals surface area contributed by atoms with E-state index in [9.17, 15) is 0 Å². The summed E-state index contributed by atoms with van der Waals surface area (Å²) in [7, 11) is 0. The summed E-state index contributed by atoms with van der Waals surface area (Å²) in [4.78, 5) is 0. The van der Waals surface area contributed by atoms with Crippen molar-refractivity contribution in [3.05, 3.63) is 45.8 Å². The van der Waals surface area contributed by atoms with Gasteiger partial charge in [0, 0.05) is 4.47 Å². The van der Waals surface area contributed by atoms with E-state index < -0.39 is 0 Å². The zero-order valence-electron chi connectivity index (χ0n) is 12.3. The van der Waals surface area contributed by atoms with Crippen molar-refractivity contribution in [1.82, 2.24) is 0 Å². The summed E-state index contributed by atoms with van der Waals surface area (Å²) < 4.78 is 17.6. The van der Waals surface area contributed by atoms with Crippen molar-refractivity contribution in [2.75, 3.05) is 13.2 Å². The topological polar surface area (TPSA) is 31.6 Å².